The number of hydrogen-bond acceptors (Lipinski definition) is 2. The van der Waals surface area contributed by atoms with Crippen molar-refractivity contribution in [1.29, 1.82) is 0 Å². The summed E-state index contributed by atoms with van der Waals surface area (Å²) in [5, 5.41) is 8.73. The van der Waals surface area contributed by atoms with Crippen molar-refractivity contribution < 1.29 is 14.7 Å². The second-order valence-corrected chi connectivity index (χ2v) is 3.11. The maximum absolute atomic E-state index is 10.9. The molecule has 0 aromatic carbocycles. The molecule has 0 aromatic heterocycles. The van der Waals surface area contributed by atoms with E-state index in [-0.39, 0.29) is 6.54 Å². The quantitative estimate of drug-likeness (QED) is 0.570. The zero-order valence-electron chi connectivity index (χ0n) is 7.36. The third-order valence-corrected chi connectivity index (χ3v) is 2.10. The van der Waals surface area contributed by atoms with Gasteiger partial charge in [0.15, 0.2) is 0 Å². The van der Waals surface area contributed by atoms with Crippen LogP contribution in [0.2, 0.25) is 0 Å². The van der Waals surface area contributed by atoms with E-state index in [4.69, 9.17) is 10.8 Å². The first kappa shape index (κ1) is 9.57. The maximum atomic E-state index is 10.9. The van der Waals surface area contributed by atoms with Gasteiger partial charge in [-0.1, -0.05) is 11.6 Å². The topological polar surface area (TPSA) is 83.6 Å². The summed E-state index contributed by atoms with van der Waals surface area (Å²) in [6.07, 6.45) is 1.09. The Hall–Kier alpha value is -1.52. The molecule has 1 heterocycles. The Bertz CT molecular complexity index is 273. The van der Waals surface area contributed by atoms with Crippen LogP contribution in [0.5, 0.6) is 0 Å². The summed E-state index contributed by atoms with van der Waals surface area (Å²) in [4.78, 5) is 22.6. The fraction of sp³-hybridized carbons (Fsp3) is 0.500. The molecule has 3 N–H and O–H groups in total. The molecule has 1 rings (SSSR count). The lowest BCUT2D eigenvalue weighted by molar-refractivity contribution is -0.122. The lowest BCUT2D eigenvalue weighted by Gasteiger charge is -2.29. The van der Waals surface area contributed by atoms with Crippen molar-refractivity contribution in [2.75, 3.05) is 6.54 Å². The number of carboxylic acid groups (broad SMARTS) is 1. The molecule has 2 amide bonds. The van der Waals surface area contributed by atoms with E-state index in [2.05, 4.69) is 0 Å². The van der Waals surface area contributed by atoms with Crippen molar-refractivity contribution in [3.8, 4) is 0 Å². The van der Waals surface area contributed by atoms with Gasteiger partial charge in [-0.15, -0.1) is 0 Å². The van der Waals surface area contributed by atoms with Gasteiger partial charge >= 0.3 is 6.09 Å². The number of primary amides is 1. The van der Waals surface area contributed by atoms with Crippen LogP contribution in [-0.4, -0.2) is 34.6 Å². The normalized spacial score (nSPS) is 22.4. The monoisotopic (exact) mass is 184 g/mol. The SMILES string of the molecule is CC1=CCN(C(=O)O)[C@H](C(N)=O)C1. The molecule has 13 heavy (non-hydrogen) atoms. The molecule has 0 radical (unpaired) electrons. The van der Waals surface area contributed by atoms with Crippen LogP contribution in [0.1, 0.15) is 13.3 Å². The van der Waals surface area contributed by atoms with Crippen LogP contribution in [0.25, 0.3) is 0 Å². The fourth-order valence-electron chi connectivity index (χ4n) is 1.35. The van der Waals surface area contributed by atoms with Crippen LogP contribution in [0, 0.1) is 0 Å². The highest BCUT2D eigenvalue weighted by molar-refractivity contribution is 5.84. The highest BCUT2D eigenvalue weighted by Crippen LogP contribution is 2.16. The minimum absolute atomic E-state index is 0.245. The molecule has 0 spiro atoms. The molecule has 0 fully saturated rings. The van der Waals surface area contributed by atoms with Crippen LogP contribution >= 0.6 is 0 Å². The third-order valence-electron chi connectivity index (χ3n) is 2.10. The lowest BCUT2D eigenvalue weighted by Crippen LogP contribution is -2.49. The number of nitrogens with two attached hydrogens (primary N) is 1. The smallest absolute Gasteiger partial charge is 0.408 e. The van der Waals surface area contributed by atoms with Crippen molar-refractivity contribution >= 4 is 12.0 Å². The Morgan fingerprint density at radius 2 is 2.31 bits per heavy atom. The summed E-state index contributed by atoms with van der Waals surface area (Å²) >= 11 is 0. The van der Waals surface area contributed by atoms with Gasteiger partial charge < -0.3 is 10.8 Å². The van der Waals surface area contributed by atoms with Crippen LogP contribution in [0.3, 0.4) is 0 Å². The number of rotatable bonds is 1. The zero-order valence-corrected chi connectivity index (χ0v) is 7.36. The highest BCUT2D eigenvalue weighted by atomic mass is 16.4. The zero-order chi connectivity index (χ0) is 10.0. The van der Waals surface area contributed by atoms with Crippen LogP contribution in [-0.2, 0) is 4.79 Å². The number of carbonyl (C=O) groups is 2. The van der Waals surface area contributed by atoms with Gasteiger partial charge in [0.1, 0.15) is 6.04 Å². The van der Waals surface area contributed by atoms with Crippen molar-refractivity contribution in [3.05, 3.63) is 11.6 Å². The largest absolute Gasteiger partial charge is 0.465 e. The second kappa shape index (κ2) is 3.47. The Morgan fingerprint density at radius 3 is 2.77 bits per heavy atom. The van der Waals surface area contributed by atoms with Gasteiger partial charge in [-0.2, -0.15) is 0 Å². The minimum atomic E-state index is -1.10. The molecule has 0 saturated heterocycles. The molecule has 0 aromatic rings. The maximum Gasteiger partial charge on any atom is 0.408 e. The Labute approximate surface area is 75.8 Å². The number of hydrogen-bond donors (Lipinski definition) is 2. The summed E-state index contributed by atoms with van der Waals surface area (Å²) in [7, 11) is 0. The van der Waals surface area contributed by atoms with Gasteiger partial charge in [0, 0.05) is 6.54 Å². The number of nitrogens with zero attached hydrogens (tertiary/aromatic N) is 1. The molecule has 5 heteroatoms. The number of amides is 2. The van der Waals surface area contributed by atoms with Crippen LogP contribution in [0.15, 0.2) is 11.6 Å². The summed E-state index contributed by atoms with van der Waals surface area (Å²) < 4.78 is 0. The van der Waals surface area contributed by atoms with Crippen molar-refractivity contribution in [1.82, 2.24) is 4.90 Å². The van der Waals surface area contributed by atoms with Crippen molar-refractivity contribution in [2.24, 2.45) is 5.73 Å². The molecule has 0 saturated carbocycles. The molecule has 5 nitrogen and oxygen atoms in total. The van der Waals surface area contributed by atoms with Gasteiger partial charge in [-0.05, 0) is 13.3 Å². The predicted molar refractivity (Wildman–Crippen MR) is 46.1 cm³/mol. The van der Waals surface area contributed by atoms with Gasteiger partial charge in [0.2, 0.25) is 5.91 Å². The predicted octanol–water partition coefficient (Wildman–Crippen LogP) is 0.170. The number of carbonyl (C=O) groups excluding carboxylic acids is 1. The first-order valence-electron chi connectivity index (χ1n) is 3.97. The summed E-state index contributed by atoms with van der Waals surface area (Å²) in [5.41, 5.74) is 6.09. The second-order valence-electron chi connectivity index (χ2n) is 3.11. The minimum Gasteiger partial charge on any atom is -0.465 e. The van der Waals surface area contributed by atoms with Gasteiger partial charge in [-0.25, -0.2) is 4.79 Å². The lowest BCUT2D eigenvalue weighted by atomic mass is 10.0. The van der Waals surface area contributed by atoms with E-state index >= 15 is 0 Å². The first-order chi connectivity index (χ1) is 6.02. The Balaban J connectivity index is 2.83. The average Bonchev–Trinajstić information content (AvgIpc) is 2.03. The van der Waals surface area contributed by atoms with E-state index < -0.39 is 18.0 Å². The Kier molecular flexibility index (Phi) is 2.55. The van der Waals surface area contributed by atoms with E-state index in [0.29, 0.717) is 6.42 Å². The molecule has 0 bridgehead atoms. The fourth-order valence-corrected chi connectivity index (χ4v) is 1.35. The van der Waals surface area contributed by atoms with E-state index in [0.717, 1.165) is 10.5 Å². The van der Waals surface area contributed by atoms with Gasteiger partial charge in [0.05, 0.1) is 0 Å². The highest BCUT2D eigenvalue weighted by Gasteiger charge is 2.29. The summed E-state index contributed by atoms with van der Waals surface area (Å²) in [5.74, 6) is -0.588. The molecule has 72 valence electrons. The third kappa shape index (κ3) is 1.99. The average molecular weight is 184 g/mol. The first-order valence-corrected chi connectivity index (χ1v) is 3.97. The Morgan fingerprint density at radius 1 is 1.69 bits per heavy atom. The van der Waals surface area contributed by atoms with E-state index in [1.807, 2.05) is 6.92 Å². The molecule has 1 aliphatic rings. The standard InChI is InChI=1S/C8H12N2O3/c1-5-2-3-10(8(12)13)6(4-5)7(9)11/h2,6H,3-4H2,1H3,(H2,9,11)(H,12,13)/t6-/m0/s1. The molecular formula is C8H12N2O3. The van der Waals surface area contributed by atoms with Gasteiger partial charge in [-0.3, -0.25) is 9.69 Å². The van der Waals surface area contributed by atoms with Crippen molar-refractivity contribution in [3.63, 3.8) is 0 Å². The molecule has 0 unspecified atom stereocenters. The van der Waals surface area contributed by atoms with E-state index in [1.165, 1.54) is 0 Å². The summed E-state index contributed by atoms with van der Waals surface area (Å²) in [6.45, 7) is 2.10. The summed E-state index contributed by atoms with van der Waals surface area (Å²) in [6, 6.07) is -0.706. The van der Waals surface area contributed by atoms with Crippen molar-refractivity contribution in [2.45, 2.75) is 19.4 Å². The van der Waals surface area contributed by atoms with Gasteiger partial charge in [0.25, 0.3) is 0 Å². The van der Waals surface area contributed by atoms with E-state index in [1.54, 1.807) is 6.08 Å². The molecule has 0 aliphatic carbocycles. The van der Waals surface area contributed by atoms with Crippen LogP contribution in [0.4, 0.5) is 4.79 Å². The van der Waals surface area contributed by atoms with E-state index in [9.17, 15) is 9.59 Å². The molecule has 1 aliphatic heterocycles. The molecular weight excluding hydrogens is 172 g/mol. The van der Waals surface area contributed by atoms with Crippen LogP contribution < -0.4 is 5.73 Å². The molecule has 1 atom stereocenters.